The molecule has 1 amide bonds. The van der Waals surface area contributed by atoms with Crippen molar-refractivity contribution < 1.29 is 13.6 Å². The molecule has 0 unspecified atom stereocenters. The molecule has 0 aliphatic carbocycles. The van der Waals surface area contributed by atoms with E-state index in [-0.39, 0.29) is 17.7 Å². The fourth-order valence-corrected chi connectivity index (χ4v) is 3.15. The maximum absolute atomic E-state index is 12.4. The maximum atomic E-state index is 12.4. The largest absolute Gasteiger partial charge is 0.472 e. The second kappa shape index (κ2) is 6.98. The summed E-state index contributed by atoms with van der Waals surface area (Å²) >= 11 is 0. The van der Waals surface area contributed by atoms with Crippen LogP contribution in [0.4, 0.5) is 0 Å². The Morgan fingerprint density at radius 3 is 2.65 bits per heavy atom. The molecule has 6 nitrogen and oxygen atoms in total. The summed E-state index contributed by atoms with van der Waals surface area (Å²) in [6.07, 6.45) is 6.74. The topological polar surface area (TPSA) is 72.4 Å². The Morgan fingerprint density at radius 1 is 1.30 bits per heavy atom. The predicted octanol–water partition coefficient (Wildman–Crippen LogP) is 3.47. The first-order valence-electron chi connectivity index (χ1n) is 8.37. The molecule has 2 aromatic heterocycles. The van der Waals surface area contributed by atoms with Gasteiger partial charge in [-0.2, -0.15) is 0 Å². The van der Waals surface area contributed by atoms with Gasteiger partial charge in [0, 0.05) is 24.9 Å². The van der Waals surface area contributed by atoms with Crippen LogP contribution in [0.1, 0.15) is 51.3 Å². The molecule has 1 saturated heterocycles. The highest BCUT2D eigenvalue weighted by Crippen LogP contribution is 2.30. The van der Waals surface area contributed by atoms with Crippen molar-refractivity contribution in [2.45, 2.75) is 45.4 Å². The first-order chi connectivity index (χ1) is 11.2. The molecule has 0 bridgehead atoms. The molecule has 0 aromatic carbocycles. The molecule has 6 heteroatoms. The van der Waals surface area contributed by atoms with E-state index in [0.29, 0.717) is 11.8 Å². The first kappa shape index (κ1) is 15.8. The van der Waals surface area contributed by atoms with Crippen molar-refractivity contribution in [2.75, 3.05) is 13.1 Å². The van der Waals surface area contributed by atoms with Gasteiger partial charge < -0.3 is 13.7 Å². The number of carbonyl (C=O) groups excluding carboxylic acids is 1. The van der Waals surface area contributed by atoms with E-state index >= 15 is 0 Å². The third kappa shape index (κ3) is 3.30. The van der Waals surface area contributed by atoms with Gasteiger partial charge in [-0.25, -0.2) is 0 Å². The van der Waals surface area contributed by atoms with Gasteiger partial charge in [0.05, 0.1) is 11.8 Å². The molecule has 0 N–H and O–H groups in total. The van der Waals surface area contributed by atoms with Crippen molar-refractivity contribution >= 4 is 5.91 Å². The number of hydrogen-bond acceptors (Lipinski definition) is 5. The number of aromatic nitrogens is 2. The van der Waals surface area contributed by atoms with Gasteiger partial charge in [-0.3, -0.25) is 4.79 Å². The van der Waals surface area contributed by atoms with Crippen LogP contribution >= 0.6 is 0 Å². The molecule has 0 atom stereocenters. The zero-order valence-corrected chi connectivity index (χ0v) is 13.7. The van der Waals surface area contributed by atoms with E-state index in [1.165, 1.54) is 0 Å². The van der Waals surface area contributed by atoms with Gasteiger partial charge >= 0.3 is 0 Å². The molecule has 1 aliphatic rings. The molecule has 1 fully saturated rings. The van der Waals surface area contributed by atoms with Crippen molar-refractivity contribution in [2.24, 2.45) is 5.92 Å². The predicted molar refractivity (Wildman–Crippen MR) is 84.6 cm³/mol. The molecule has 0 spiro atoms. The average molecular weight is 317 g/mol. The Bertz CT molecular complexity index is 623. The fraction of sp³-hybridized carbons (Fsp3) is 0.588. The van der Waals surface area contributed by atoms with Crippen LogP contribution in [0, 0.1) is 5.92 Å². The van der Waals surface area contributed by atoms with E-state index in [4.69, 9.17) is 8.83 Å². The van der Waals surface area contributed by atoms with Crippen molar-refractivity contribution in [3.63, 3.8) is 0 Å². The van der Waals surface area contributed by atoms with Crippen LogP contribution in [0.25, 0.3) is 11.5 Å². The minimum atomic E-state index is 0.155. The third-order valence-electron chi connectivity index (χ3n) is 4.70. The average Bonchev–Trinajstić information content (AvgIpc) is 3.27. The van der Waals surface area contributed by atoms with E-state index in [2.05, 4.69) is 24.0 Å². The van der Waals surface area contributed by atoms with E-state index in [1.807, 2.05) is 4.90 Å². The normalized spacial score (nSPS) is 16.2. The van der Waals surface area contributed by atoms with E-state index in [1.54, 1.807) is 18.6 Å². The molecular weight excluding hydrogens is 294 g/mol. The molecule has 1 aliphatic heterocycles. The lowest BCUT2D eigenvalue weighted by Crippen LogP contribution is -2.41. The van der Waals surface area contributed by atoms with Gasteiger partial charge in [-0.1, -0.05) is 13.8 Å². The van der Waals surface area contributed by atoms with Crippen molar-refractivity contribution in [3.05, 3.63) is 24.5 Å². The molecule has 0 radical (unpaired) electrons. The SMILES string of the molecule is CCC(CC)C(=O)N1CCC(c2nnc(-c3ccoc3)o2)CC1. The van der Waals surface area contributed by atoms with Crippen LogP contribution in [0.2, 0.25) is 0 Å². The summed E-state index contributed by atoms with van der Waals surface area (Å²) in [7, 11) is 0. The Hall–Kier alpha value is -2.11. The highest BCUT2D eigenvalue weighted by atomic mass is 16.4. The van der Waals surface area contributed by atoms with Crippen LogP contribution < -0.4 is 0 Å². The monoisotopic (exact) mass is 317 g/mol. The Labute approximate surface area is 135 Å². The van der Waals surface area contributed by atoms with Gasteiger partial charge in [-0.05, 0) is 31.7 Å². The zero-order valence-electron chi connectivity index (χ0n) is 13.7. The minimum absolute atomic E-state index is 0.155. The molecule has 23 heavy (non-hydrogen) atoms. The number of hydrogen-bond donors (Lipinski definition) is 0. The number of piperidine rings is 1. The highest BCUT2D eigenvalue weighted by molar-refractivity contribution is 5.78. The van der Waals surface area contributed by atoms with Gasteiger partial charge in [0.2, 0.25) is 11.8 Å². The summed E-state index contributed by atoms with van der Waals surface area (Å²) in [4.78, 5) is 14.4. The minimum Gasteiger partial charge on any atom is -0.472 e. The van der Waals surface area contributed by atoms with Crippen LogP contribution in [-0.4, -0.2) is 34.1 Å². The fourth-order valence-electron chi connectivity index (χ4n) is 3.15. The van der Waals surface area contributed by atoms with Gasteiger partial charge in [0.15, 0.2) is 0 Å². The van der Waals surface area contributed by atoms with Crippen LogP contribution in [0.15, 0.2) is 27.4 Å². The summed E-state index contributed by atoms with van der Waals surface area (Å²) in [5, 5.41) is 8.26. The molecule has 3 heterocycles. The molecule has 124 valence electrons. The van der Waals surface area contributed by atoms with Gasteiger partial charge in [-0.15, -0.1) is 10.2 Å². The summed E-state index contributed by atoms with van der Waals surface area (Å²) in [5.41, 5.74) is 0.796. The zero-order chi connectivity index (χ0) is 16.2. The summed E-state index contributed by atoms with van der Waals surface area (Å²) in [6.45, 7) is 5.69. The van der Waals surface area contributed by atoms with Crippen molar-refractivity contribution in [3.8, 4) is 11.5 Å². The van der Waals surface area contributed by atoms with E-state index in [9.17, 15) is 4.79 Å². The first-order valence-corrected chi connectivity index (χ1v) is 8.37. The lowest BCUT2D eigenvalue weighted by molar-refractivity contribution is -0.136. The number of likely N-dealkylation sites (tertiary alicyclic amines) is 1. The Morgan fingerprint density at radius 2 is 2.04 bits per heavy atom. The van der Waals surface area contributed by atoms with Crippen molar-refractivity contribution in [1.29, 1.82) is 0 Å². The highest BCUT2D eigenvalue weighted by Gasteiger charge is 2.29. The second-order valence-electron chi connectivity index (χ2n) is 6.07. The molecule has 2 aromatic rings. The van der Waals surface area contributed by atoms with E-state index in [0.717, 1.165) is 44.3 Å². The quantitative estimate of drug-likeness (QED) is 0.844. The third-order valence-corrected chi connectivity index (χ3v) is 4.70. The Balaban J connectivity index is 1.60. The lowest BCUT2D eigenvalue weighted by Gasteiger charge is -2.32. The smallest absolute Gasteiger partial charge is 0.250 e. The molecule has 3 rings (SSSR count). The number of amides is 1. The van der Waals surface area contributed by atoms with Crippen LogP contribution in [-0.2, 0) is 4.79 Å². The molecule has 0 saturated carbocycles. The van der Waals surface area contributed by atoms with Crippen molar-refractivity contribution in [1.82, 2.24) is 15.1 Å². The number of furan rings is 1. The second-order valence-corrected chi connectivity index (χ2v) is 6.07. The lowest BCUT2D eigenvalue weighted by atomic mass is 9.94. The standard InChI is InChI=1S/C17H23N3O3/c1-3-12(4-2)17(21)20-8-5-13(6-9-20)15-18-19-16(23-15)14-7-10-22-11-14/h7,10-13H,3-6,8-9H2,1-2H3. The van der Waals surface area contributed by atoms with Crippen LogP contribution in [0.5, 0.6) is 0 Å². The summed E-state index contributed by atoms with van der Waals surface area (Å²) in [6, 6.07) is 1.80. The van der Waals surface area contributed by atoms with Crippen LogP contribution in [0.3, 0.4) is 0 Å². The number of rotatable bonds is 5. The number of nitrogens with zero attached hydrogens (tertiary/aromatic N) is 3. The van der Waals surface area contributed by atoms with E-state index < -0.39 is 0 Å². The Kier molecular flexibility index (Phi) is 4.79. The number of carbonyl (C=O) groups is 1. The summed E-state index contributed by atoms with van der Waals surface area (Å²) < 4.78 is 10.8. The van der Waals surface area contributed by atoms with Gasteiger partial charge in [0.1, 0.15) is 6.26 Å². The maximum Gasteiger partial charge on any atom is 0.250 e. The molecular formula is C17H23N3O3. The van der Waals surface area contributed by atoms with Gasteiger partial charge in [0.25, 0.3) is 5.89 Å². The summed E-state index contributed by atoms with van der Waals surface area (Å²) in [5.74, 6) is 1.83.